The minimum absolute atomic E-state index is 0.129. The number of esters is 1. The van der Waals surface area contributed by atoms with Crippen molar-refractivity contribution in [3.05, 3.63) is 35.9 Å². The van der Waals surface area contributed by atoms with Gasteiger partial charge in [-0.3, -0.25) is 9.69 Å². The summed E-state index contributed by atoms with van der Waals surface area (Å²) >= 11 is 0. The highest BCUT2D eigenvalue weighted by Crippen LogP contribution is 2.30. The van der Waals surface area contributed by atoms with Gasteiger partial charge in [0.1, 0.15) is 6.10 Å². The van der Waals surface area contributed by atoms with E-state index in [1.54, 1.807) is 0 Å². The second-order valence-electron chi connectivity index (χ2n) is 6.53. The lowest BCUT2D eigenvalue weighted by atomic mass is 9.93. The summed E-state index contributed by atoms with van der Waals surface area (Å²) in [6.07, 6.45) is -0.162. The second-order valence-corrected chi connectivity index (χ2v) is 6.53. The number of benzene rings is 1. The summed E-state index contributed by atoms with van der Waals surface area (Å²) in [5.41, 5.74) is 1.24. The van der Waals surface area contributed by atoms with Crippen LogP contribution in [0.5, 0.6) is 0 Å². The largest absolute Gasteiger partial charge is 0.455 e. The molecule has 0 aromatic heterocycles. The van der Waals surface area contributed by atoms with E-state index in [4.69, 9.17) is 4.74 Å². The fourth-order valence-corrected chi connectivity index (χ4v) is 2.58. The van der Waals surface area contributed by atoms with E-state index in [0.29, 0.717) is 6.54 Å². The molecular weight excluding hydrogens is 238 g/mol. The first kappa shape index (κ1) is 14.1. The molecule has 0 bridgehead atoms. The molecule has 1 aromatic rings. The molecule has 1 aliphatic rings. The molecule has 0 unspecified atom stereocenters. The number of hydrogen-bond donors (Lipinski definition) is 0. The zero-order valence-corrected chi connectivity index (χ0v) is 12.2. The molecule has 2 rings (SSSR count). The summed E-state index contributed by atoms with van der Waals surface area (Å²) < 4.78 is 5.55. The third-order valence-electron chi connectivity index (χ3n) is 3.41. The van der Waals surface area contributed by atoms with E-state index in [2.05, 4.69) is 32.6 Å². The molecule has 0 aliphatic carbocycles. The molecule has 1 aromatic carbocycles. The fourth-order valence-electron chi connectivity index (χ4n) is 2.58. The first-order valence-electron chi connectivity index (χ1n) is 6.85. The van der Waals surface area contributed by atoms with Crippen LogP contribution in [0.25, 0.3) is 0 Å². The van der Waals surface area contributed by atoms with Crippen LogP contribution in [-0.4, -0.2) is 30.0 Å². The van der Waals surface area contributed by atoms with Crippen molar-refractivity contribution in [3.63, 3.8) is 0 Å². The monoisotopic (exact) mass is 261 g/mol. The van der Waals surface area contributed by atoms with E-state index < -0.39 is 0 Å². The van der Waals surface area contributed by atoms with Crippen LogP contribution in [0.2, 0.25) is 0 Å². The molecule has 0 radical (unpaired) electrons. The average molecular weight is 261 g/mol. The molecule has 1 heterocycles. The van der Waals surface area contributed by atoms with Crippen molar-refractivity contribution in [3.8, 4) is 0 Å². The Morgan fingerprint density at radius 1 is 1.26 bits per heavy atom. The average Bonchev–Trinajstić information content (AvgIpc) is 2.32. The Bertz CT molecular complexity index is 436. The van der Waals surface area contributed by atoms with Crippen LogP contribution >= 0.6 is 0 Å². The highest BCUT2D eigenvalue weighted by molar-refractivity contribution is 5.73. The molecule has 0 amide bonds. The molecule has 19 heavy (non-hydrogen) atoms. The lowest BCUT2D eigenvalue weighted by Crippen LogP contribution is -2.50. The van der Waals surface area contributed by atoms with Crippen LogP contribution in [0.4, 0.5) is 0 Å². The Kier molecular flexibility index (Phi) is 3.95. The van der Waals surface area contributed by atoms with Gasteiger partial charge in [-0.2, -0.15) is 0 Å². The van der Waals surface area contributed by atoms with Gasteiger partial charge < -0.3 is 4.74 Å². The maximum atomic E-state index is 11.8. The van der Waals surface area contributed by atoms with Crippen molar-refractivity contribution in [2.24, 2.45) is 5.41 Å². The number of hydrogen-bond acceptors (Lipinski definition) is 3. The van der Waals surface area contributed by atoms with E-state index in [9.17, 15) is 4.79 Å². The van der Waals surface area contributed by atoms with E-state index in [1.165, 1.54) is 0 Å². The maximum Gasteiger partial charge on any atom is 0.320 e. The molecule has 1 saturated heterocycles. The number of nitrogens with zero attached hydrogens (tertiary/aromatic N) is 1. The predicted molar refractivity (Wildman–Crippen MR) is 75.8 cm³/mol. The van der Waals surface area contributed by atoms with Gasteiger partial charge in [0.15, 0.2) is 0 Å². The summed E-state index contributed by atoms with van der Waals surface area (Å²) in [6.45, 7) is 10.00. The van der Waals surface area contributed by atoms with Gasteiger partial charge in [0, 0.05) is 12.6 Å². The molecule has 1 fully saturated rings. The number of ether oxygens (including phenoxy) is 1. The van der Waals surface area contributed by atoms with Crippen molar-refractivity contribution in [2.45, 2.75) is 39.8 Å². The molecule has 3 nitrogen and oxygen atoms in total. The van der Waals surface area contributed by atoms with Gasteiger partial charge in [0.05, 0.1) is 6.54 Å². The van der Waals surface area contributed by atoms with Crippen molar-refractivity contribution in [2.75, 3.05) is 13.1 Å². The van der Waals surface area contributed by atoms with Crippen molar-refractivity contribution in [1.82, 2.24) is 4.90 Å². The SMILES string of the molecule is C[C@H]1[C@@H](c2ccccc2)OC(=O)CN1CC(C)(C)C. The van der Waals surface area contributed by atoms with Gasteiger partial charge in [0.25, 0.3) is 0 Å². The van der Waals surface area contributed by atoms with Gasteiger partial charge in [0.2, 0.25) is 0 Å². The Hall–Kier alpha value is -1.35. The van der Waals surface area contributed by atoms with Crippen LogP contribution < -0.4 is 0 Å². The van der Waals surface area contributed by atoms with Gasteiger partial charge in [-0.1, -0.05) is 51.1 Å². The van der Waals surface area contributed by atoms with E-state index in [1.807, 2.05) is 30.3 Å². The lowest BCUT2D eigenvalue weighted by Gasteiger charge is -2.41. The number of carbonyl (C=O) groups is 1. The molecule has 0 N–H and O–H groups in total. The molecule has 3 heteroatoms. The Balaban J connectivity index is 2.19. The molecule has 1 aliphatic heterocycles. The number of cyclic esters (lactones) is 1. The molecule has 2 atom stereocenters. The zero-order chi connectivity index (χ0) is 14.0. The quantitative estimate of drug-likeness (QED) is 0.766. The van der Waals surface area contributed by atoms with Gasteiger partial charge in [-0.05, 0) is 17.9 Å². The van der Waals surface area contributed by atoms with Crippen LogP contribution in [0.3, 0.4) is 0 Å². The van der Waals surface area contributed by atoms with Crippen LogP contribution in [0.1, 0.15) is 39.4 Å². The summed E-state index contributed by atoms with van der Waals surface area (Å²) in [5, 5.41) is 0. The smallest absolute Gasteiger partial charge is 0.320 e. The molecular formula is C16H23NO2. The minimum Gasteiger partial charge on any atom is -0.455 e. The molecule has 0 spiro atoms. The maximum absolute atomic E-state index is 11.8. The van der Waals surface area contributed by atoms with Gasteiger partial charge in [-0.25, -0.2) is 0 Å². The Morgan fingerprint density at radius 3 is 2.47 bits per heavy atom. The van der Waals surface area contributed by atoms with Crippen LogP contribution in [-0.2, 0) is 9.53 Å². The predicted octanol–water partition coefficient (Wildman–Crippen LogP) is 3.02. The van der Waals surface area contributed by atoms with Crippen molar-refractivity contribution >= 4 is 5.97 Å². The number of morpholine rings is 1. The molecule has 0 saturated carbocycles. The van der Waals surface area contributed by atoms with Gasteiger partial charge in [-0.15, -0.1) is 0 Å². The van der Waals surface area contributed by atoms with Crippen molar-refractivity contribution < 1.29 is 9.53 Å². The summed E-state index contributed by atoms with van der Waals surface area (Å²) in [5.74, 6) is -0.129. The summed E-state index contributed by atoms with van der Waals surface area (Å²) in [7, 11) is 0. The third-order valence-corrected chi connectivity index (χ3v) is 3.41. The Morgan fingerprint density at radius 2 is 1.89 bits per heavy atom. The number of carbonyl (C=O) groups excluding carboxylic acids is 1. The first-order chi connectivity index (χ1) is 8.87. The van der Waals surface area contributed by atoms with Crippen molar-refractivity contribution in [1.29, 1.82) is 0 Å². The van der Waals surface area contributed by atoms with Gasteiger partial charge >= 0.3 is 5.97 Å². The molecule has 104 valence electrons. The Labute approximate surface area is 115 Å². The highest BCUT2D eigenvalue weighted by atomic mass is 16.5. The third kappa shape index (κ3) is 3.57. The second kappa shape index (κ2) is 5.33. The highest BCUT2D eigenvalue weighted by Gasteiger charge is 2.36. The normalized spacial score (nSPS) is 25.2. The first-order valence-corrected chi connectivity index (χ1v) is 6.85. The fraction of sp³-hybridized carbons (Fsp3) is 0.562. The summed E-state index contributed by atoms with van der Waals surface area (Å²) in [6, 6.07) is 10.2. The van der Waals surface area contributed by atoms with Crippen LogP contribution in [0.15, 0.2) is 30.3 Å². The summed E-state index contributed by atoms with van der Waals surface area (Å²) in [4.78, 5) is 14.1. The zero-order valence-electron chi connectivity index (χ0n) is 12.2. The standard InChI is InChI=1S/C16H23NO2/c1-12-15(13-8-6-5-7-9-13)19-14(18)10-17(12)11-16(2,3)4/h5-9,12,15H,10-11H2,1-4H3/t12-,15-/m0/s1. The minimum atomic E-state index is -0.162. The van der Waals surface area contributed by atoms with E-state index in [0.717, 1.165) is 12.1 Å². The van der Waals surface area contributed by atoms with Crippen LogP contribution in [0, 0.1) is 5.41 Å². The van der Waals surface area contributed by atoms with E-state index >= 15 is 0 Å². The van der Waals surface area contributed by atoms with E-state index in [-0.39, 0.29) is 23.5 Å². The lowest BCUT2D eigenvalue weighted by molar-refractivity contribution is -0.166. The topological polar surface area (TPSA) is 29.5 Å². The number of rotatable bonds is 2.